The molecule has 0 bridgehead atoms. The zero-order chi connectivity index (χ0) is 25.0. The summed E-state index contributed by atoms with van der Waals surface area (Å²) < 4.78 is 2.00. The fourth-order valence-corrected chi connectivity index (χ4v) is 5.68. The Hall–Kier alpha value is -3.55. The summed E-state index contributed by atoms with van der Waals surface area (Å²) in [6.07, 6.45) is 6.56. The van der Waals surface area contributed by atoms with Gasteiger partial charge in [0.1, 0.15) is 22.9 Å². The minimum Gasteiger partial charge on any atom is -0.481 e. The molecule has 0 saturated heterocycles. The molecular formula is C27H23Cl2N5O2. The van der Waals surface area contributed by atoms with Crippen LogP contribution in [0.3, 0.4) is 0 Å². The third-order valence-electron chi connectivity index (χ3n) is 7.17. The number of carboxylic acids is 1. The molecule has 3 aromatic heterocycles. The molecule has 182 valence electrons. The molecule has 0 unspecified atom stereocenters. The zero-order valence-electron chi connectivity index (χ0n) is 19.2. The fourth-order valence-electron chi connectivity index (χ4n) is 5.29. The molecule has 1 aliphatic carbocycles. The molecule has 0 aliphatic heterocycles. The third kappa shape index (κ3) is 3.88. The quantitative estimate of drug-likeness (QED) is 0.242. The van der Waals surface area contributed by atoms with Crippen molar-refractivity contribution >= 4 is 51.4 Å². The van der Waals surface area contributed by atoms with Crippen molar-refractivity contribution in [2.24, 2.45) is 5.92 Å². The highest BCUT2D eigenvalue weighted by Crippen LogP contribution is 2.38. The van der Waals surface area contributed by atoms with Crippen LogP contribution in [-0.4, -0.2) is 30.4 Å². The summed E-state index contributed by atoms with van der Waals surface area (Å²) in [5, 5.41) is 11.6. The zero-order valence-corrected chi connectivity index (χ0v) is 20.7. The van der Waals surface area contributed by atoms with Crippen molar-refractivity contribution in [2.45, 2.75) is 31.6 Å². The number of nitrogen functional groups attached to an aromatic ring is 1. The van der Waals surface area contributed by atoms with Crippen molar-refractivity contribution in [1.82, 2.24) is 19.4 Å². The maximum Gasteiger partial charge on any atom is 0.306 e. The molecule has 3 heterocycles. The van der Waals surface area contributed by atoms with E-state index >= 15 is 0 Å². The van der Waals surface area contributed by atoms with E-state index in [2.05, 4.69) is 15.0 Å². The van der Waals surface area contributed by atoms with Crippen molar-refractivity contribution in [3.63, 3.8) is 0 Å². The lowest BCUT2D eigenvalue weighted by Gasteiger charge is -2.25. The van der Waals surface area contributed by atoms with E-state index in [1.165, 1.54) is 0 Å². The van der Waals surface area contributed by atoms with Crippen LogP contribution in [0.4, 0.5) is 5.82 Å². The van der Waals surface area contributed by atoms with E-state index in [0.29, 0.717) is 34.4 Å². The molecule has 0 radical (unpaired) electrons. The number of benzene rings is 2. The Balaban J connectivity index is 1.42. The number of nitrogens with zero attached hydrogens (tertiary/aromatic N) is 3. The van der Waals surface area contributed by atoms with Gasteiger partial charge in [0.05, 0.1) is 23.3 Å². The van der Waals surface area contributed by atoms with E-state index in [1.807, 2.05) is 40.9 Å². The molecule has 0 spiro atoms. The highest BCUT2D eigenvalue weighted by atomic mass is 35.5. The van der Waals surface area contributed by atoms with Gasteiger partial charge in [0.15, 0.2) is 0 Å². The van der Waals surface area contributed by atoms with Gasteiger partial charge in [-0.15, -0.1) is 0 Å². The van der Waals surface area contributed by atoms with Gasteiger partial charge < -0.3 is 15.8 Å². The molecule has 0 amide bonds. The maximum atomic E-state index is 11.4. The Morgan fingerprint density at radius 2 is 1.89 bits per heavy atom. The lowest BCUT2D eigenvalue weighted by atomic mass is 9.81. The number of carbonyl (C=O) groups is 1. The number of rotatable bonds is 4. The number of hydrogen-bond donors (Lipinski definition) is 3. The van der Waals surface area contributed by atoms with Crippen LogP contribution in [0.2, 0.25) is 10.0 Å². The van der Waals surface area contributed by atoms with Crippen LogP contribution in [0.25, 0.3) is 38.9 Å². The average molecular weight is 520 g/mol. The summed E-state index contributed by atoms with van der Waals surface area (Å²) in [5.41, 5.74) is 11.3. The first-order valence-corrected chi connectivity index (χ1v) is 12.6. The number of imidazole rings is 1. The van der Waals surface area contributed by atoms with Gasteiger partial charge in [-0.25, -0.2) is 9.97 Å². The first-order valence-electron chi connectivity index (χ1n) is 11.8. The van der Waals surface area contributed by atoms with Crippen molar-refractivity contribution in [3.8, 4) is 22.5 Å². The standard InChI is InChI=1S/C27H23Cl2N5O2/c28-17-8-9-20(29)19(11-17)18-3-1-2-16-10-21(32-24(16)18)22-13-34-23(25(30)33-22)12-31-26(34)14-4-6-15(7-5-14)27(35)36/h1-3,8-15,32H,4-7H2,(H2,30,33)(H,35,36)/t14-,15-. The predicted molar refractivity (Wildman–Crippen MR) is 142 cm³/mol. The molecule has 9 heteroatoms. The van der Waals surface area contributed by atoms with E-state index in [1.54, 1.807) is 18.3 Å². The van der Waals surface area contributed by atoms with Crippen LogP contribution < -0.4 is 5.73 Å². The molecule has 2 aromatic carbocycles. The number of aliphatic carboxylic acids is 1. The van der Waals surface area contributed by atoms with Gasteiger partial charge in [-0.2, -0.15) is 0 Å². The lowest BCUT2D eigenvalue weighted by Crippen LogP contribution is -2.21. The minimum atomic E-state index is -0.714. The number of para-hydroxylation sites is 1. The monoisotopic (exact) mass is 519 g/mol. The van der Waals surface area contributed by atoms with Crippen LogP contribution in [0.1, 0.15) is 37.4 Å². The van der Waals surface area contributed by atoms with Crippen LogP contribution in [0.5, 0.6) is 0 Å². The van der Waals surface area contributed by atoms with Gasteiger partial charge in [0.2, 0.25) is 0 Å². The smallest absolute Gasteiger partial charge is 0.306 e. The average Bonchev–Trinajstić information content (AvgIpc) is 3.50. The number of nitrogens with two attached hydrogens (primary N) is 1. The first kappa shape index (κ1) is 22.9. The number of anilines is 1. The molecule has 7 nitrogen and oxygen atoms in total. The highest BCUT2D eigenvalue weighted by molar-refractivity contribution is 6.35. The second-order valence-corrected chi connectivity index (χ2v) is 10.2. The Morgan fingerprint density at radius 1 is 1.08 bits per heavy atom. The molecule has 36 heavy (non-hydrogen) atoms. The van der Waals surface area contributed by atoms with Gasteiger partial charge in [0, 0.05) is 38.7 Å². The molecule has 0 atom stereocenters. The van der Waals surface area contributed by atoms with Crippen LogP contribution in [0, 0.1) is 5.92 Å². The number of hydrogen-bond acceptors (Lipinski definition) is 4. The van der Waals surface area contributed by atoms with Gasteiger partial charge in [-0.05, 0) is 49.9 Å². The predicted octanol–water partition coefficient (Wildman–Crippen LogP) is 6.79. The molecule has 1 saturated carbocycles. The van der Waals surface area contributed by atoms with Crippen LogP contribution in [0.15, 0.2) is 54.9 Å². The van der Waals surface area contributed by atoms with Gasteiger partial charge in [-0.3, -0.25) is 9.20 Å². The highest BCUT2D eigenvalue weighted by Gasteiger charge is 2.29. The Morgan fingerprint density at radius 3 is 2.67 bits per heavy atom. The maximum absolute atomic E-state index is 11.4. The SMILES string of the molecule is Nc1nc(-c2cc3cccc(-c4cc(Cl)ccc4Cl)c3[nH]2)cn2c1cnc2[C@H]1CC[C@H](C(=O)O)CC1. The largest absolute Gasteiger partial charge is 0.481 e. The first-order chi connectivity index (χ1) is 17.4. The van der Waals surface area contributed by atoms with E-state index < -0.39 is 5.97 Å². The summed E-state index contributed by atoms with van der Waals surface area (Å²) in [4.78, 5) is 24.2. The van der Waals surface area contributed by atoms with E-state index in [-0.39, 0.29) is 11.8 Å². The summed E-state index contributed by atoms with van der Waals surface area (Å²) in [7, 11) is 0. The lowest BCUT2D eigenvalue weighted by molar-refractivity contribution is -0.142. The topological polar surface area (TPSA) is 109 Å². The normalized spacial score (nSPS) is 18.2. The molecule has 6 rings (SSSR count). The number of halogens is 2. The molecule has 1 aliphatic rings. The van der Waals surface area contributed by atoms with E-state index in [0.717, 1.165) is 51.9 Å². The van der Waals surface area contributed by atoms with E-state index in [4.69, 9.17) is 28.9 Å². The summed E-state index contributed by atoms with van der Waals surface area (Å²) in [5.74, 6) is 0.476. The van der Waals surface area contributed by atoms with Crippen LogP contribution in [-0.2, 0) is 4.79 Å². The second-order valence-electron chi connectivity index (χ2n) is 9.35. The van der Waals surface area contributed by atoms with Crippen molar-refractivity contribution in [1.29, 1.82) is 0 Å². The number of H-pyrrole nitrogens is 1. The van der Waals surface area contributed by atoms with Gasteiger partial charge >= 0.3 is 5.97 Å². The summed E-state index contributed by atoms with van der Waals surface area (Å²) in [6, 6.07) is 13.5. The van der Waals surface area contributed by atoms with Crippen molar-refractivity contribution < 1.29 is 9.90 Å². The summed E-state index contributed by atoms with van der Waals surface area (Å²) >= 11 is 12.8. The molecular weight excluding hydrogens is 497 g/mol. The molecule has 4 N–H and O–H groups in total. The van der Waals surface area contributed by atoms with Crippen molar-refractivity contribution in [2.75, 3.05) is 5.73 Å². The second kappa shape index (κ2) is 8.84. The number of aromatic nitrogens is 4. The van der Waals surface area contributed by atoms with E-state index in [9.17, 15) is 9.90 Å². The minimum absolute atomic E-state index is 0.178. The Kier molecular flexibility index (Phi) is 5.62. The summed E-state index contributed by atoms with van der Waals surface area (Å²) in [6.45, 7) is 0. The Bertz CT molecular complexity index is 1630. The third-order valence-corrected chi connectivity index (χ3v) is 7.74. The van der Waals surface area contributed by atoms with Crippen molar-refractivity contribution in [3.05, 3.63) is 70.7 Å². The van der Waals surface area contributed by atoms with Gasteiger partial charge in [0.25, 0.3) is 0 Å². The number of fused-ring (bicyclic) bond motifs is 2. The molecule has 5 aromatic rings. The van der Waals surface area contributed by atoms with Gasteiger partial charge in [-0.1, -0.05) is 41.4 Å². The Labute approximate surface area is 216 Å². The van der Waals surface area contributed by atoms with Crippen LogP contribution >= 0.6 is 23.2 Å². The fraction of sp³-hybridized carbons (Fsp3) is 0.222. The number of nitrogens with one attached hydrogen (secondary N) is 1. The number of aromatic amines is 1. The number of carboxylic acid groups (broad SMARTS) is 1. The molecule has 1 fully saturated rings.